The van der Waals surface area contributed by atoms with Crippen LogP contribution in [-0.4, -0.2) is 18.6 Å². The molecule has 0 aromatic rings. The van der Waals surface area contributed by atoms with Gasteiger partial charge in [-0.2, -0.15) is 5.26 Å². The van der Waals surface area contributed by atoms with E-state index in [1.54, 1.807) is 13.8 Å². The van der Waals surface area contributed by atoms with E-state index in [4.69, 9.17) is 5.26 Å². The topological polar surface area (TPSA) is 52.9 Å². The lowest BCUT2D eigenvalue weighted by atomic mass is 10.1. The molecule has 13 heavy (non-hydrogen) atoms. The maximum Gasteiger partial charge on any atom is 0.229 e. The van der Waals surface area contributed by atoms with Gasteiger partial charge in [0.2, 0.25) is 5.91 Å². The van der Waals surface area contributed by atoms with Crippen molar-refractivity contribution in [1.82, 2.24) is 5.32 Å². The summed E-state index contributed by atoms with van der Waals surface area (Å²) in [4.78, 5) is 11.3. The Morgan fingerprint density at radius 2 is 2.46 bits per heavy atom. The smallest absolute Gasteiger partial charge is 0.229 e. The average Bonchev–Trinajstić information content (AvgIpc) is 2.71. The summed E-state index contributed by atoms with van der Waals surface area (Å²) in [5, 5.41) is 11.0. The molecular formula is C9H13FN2O. The molecule has 3 nitrogen and oxygen atoms in total. The van der Waals surface area contributed by atoms with E-state index < -0.39 is 11.6 Å². The first-order chi connectivity index (χ1) is 6.00. The van der Waals surface area contributed by atoms with E-state index in [-0.39, 0.29) is 11.8 Å². The monoisotopic (exact) mass is 184 g/mol. The standard InChI is InChI=1S/C9H13FN2O/c1-6(4-11)5-12-8(13)9(2)3-7(9)10/h6-7H,3,5H2,1-2H3,(H,12,13). The molecule has 0 aromatic heterocycles. The summed E-state index contributed by atoms with van der Waals surface area (Å²) in [7, 11) is 0. The Balaban J connectivity index is 2.32. The van der Waals surface area contributed by atoms with Crippen molar-refractivity contribution in [3.05, 3.63) is 0 Å². The molecule has 0 spiro atoms. The number of hydrogen-bond donors (Lipinski definition) is 1. The SMILES string of the molecule is CC(C#N)CNC(=O)C1(C)CC1F. The molecule has 1 N–H and O–H groups in total. The van der Waals surface area contributed by atoms with Gasteiger partial charge in [-0.1, -0.05) is 0 Å². The second-order valence-electron chi connectivity index (χ2n) is 3.83. The molecule has 0 radical (unpaired) electrons. The van der Waals surface area contributed by atoms with Gasteiger partial charge < -0.3 is 5.32 Å². The van der Waals surface area contributed by atoms with E-state index in [2.05, 4.69) is 5.32 Å². The zero-order valence-electron chi connectivity index (χ0n) is 7.80. The van der Waals surface area contributed by atoms with Crippen LogP contribution in [0.5, 0.6) is 0 Å². The molecule has 1 rings (SSSR count). The van der Waals surface area contributed by atoms with Crippen LogP contribution in [-0.2, 0) is 4.79 Å². The van der Waals surface area contributed by atoms with Gasteiger partial charge in [0.1, 0.15) is 6.17 Å². The molecule has 1 aliphatic rings. The lowest BCUT2D eigenvalue weighted by Gasteiger charge is -2.10. The predicted octanol–water partition coefficient (Wildman–Crippen LogP) is 1.01. The van der Waals surface area contributed by atoms with Gasteiger partial charge in [-0.3, -0.25) is 4.79 Å². The largest absolute Gasteiger partial charge is 0.354 e. The van der Waals surface area contributed by atoms with Crippen molar-refractivity contribution in [2.24, 2.45) is 11.3 Å². The summed E-state index contributed by atoms with van der Waals surface area (Å²) in [6.07, 6.45) is -0.704. The summed E-state index contributed by atoms with van der Waals surface area (Å²) >= 11 is 0. The van der Waals surface area contributed by atoms with Crippen LogP contribution in [0.15, 0.2) is 0 Å². The van der Waals surface area contributed by atoms with Crippen molar-refractivity contribution in [3.8, 4) is 6.07 Å². The molecule has 0 heterocycles. The third-order valence-electron chi connectivity index (χ3n) is 2.44. The van der Waals surface area contributed by atoms with Gasteiger partial charge in [-0.05, 0) is 20.3 Å². The second kappa shape index (κ2) is 3.33. The molecule has 1 aliphatic carbocycles. The van der Waals surface area contributed by atoms with E-state index in [1.165, 1.54) is 0 Å². The number of rotatable bonds is 3. The van der Waals surface area contributed by atoms with Crippen molar-refractivity contribution in [1.29, 1.82) is 5.26 Å². The Morgan fingerprint density at radius 3 is 2.85 bits per heavy atom. The fourth-order valence-electron chi connectivity index (χ4n) is 1.04. The average molecular weight is 184 g/mol. The van der Waals surface area contributed by atoms with Crippen molar-refractivity contribution >= 4 is 5.91 Å². The van der Waals surface area contributed by atoms with Crippen LogP contribution in [0, 0.1) is 22.7 Å². The quantitative estimate of drug-likeness (QED) is 0.711. The van der Waals surface area contributed by atoms with E-state index >= 15 is 0 Å². The third-order valence-corrected chi connectivity index (χ3v) is 2.44. The van der Waals surface area contributed by atoms with Gasteiger partial charge in [0.25, 0.3) is 0 Å². The molecule has 0 saturated heterocycles. The van der Waals surface area contributed by atoms with Gasteiger partial charge in [0, 0.05) is 6.54 Å². The number of nitrogens with zero attached hydrogens (tertiary/aromatic N) is 1. The van der Waals surface area contributed by atoms with E-state index in [9.17, 15) is 9.18 Å². The number of carbonyl (C=O) groups excluding carboxylic acids is 1. The van der Waals surface area contributed by atoms with Gasteiger partial charge in [0.05, 0.1) is 17.4 Å². The number of nitriles is 1. The molecular weight excluding hydrogens is 171 g/mol. The Labute approximate surface area is 76.9 Å². The first-order valence-electron chi connectivity index (χ1n) is 4.32. The first-order valence-corrected chi connectivity index (χ1v) is 4.32. The van der Waals surface area contributed by atoms with Crippen LogP contribution in [0.4, 0.5) is 4.39 Å². The number of hydrogen-bond acceptors (Lipinski definition) is 2. The highest BCUT2D eigenvalue weighted by Gasteiger charge is 2.57. The number of nitrogens with one attached hydrogen (secondary N) is 1. The zero-order valence-corrected chi connectivity index (χ0v) is 7.80. The van der Waals surface area contributed by atoms with Crippen molar-refractivity contribution in [2.45, 2.75) is 26.4 Å². The van der Waals surface area contributed by atoms with Crippen LogP contribution >= 0.6 is 0 Å². The molecule has 0 aliphatic heterocycles. The van der Waals surface area contributed by atoms with Gasteiger partial charge in [-0.15, -0.1) is 0 Å². The second-order valence-corrected chi connectivity index (χ2v) is 3.83. The Bertz CT molecular complexity index is 261. The van der Waals surface area contributed by atoms with Crippen molar-refractivity contribution in [3.63, 3.8) is 0 Å². The maximum atomic E-state index is 12.7. The highest BCUT2D eigenvalue weighted by atomic mass is 19.1. The predicted molar refractivity (Wildman–Crippen MR) is 45.4 cm³/mol. The maximum absolute atomic E-state index is 12.7. The minimum absolute atomic E-state index is 0.218. The summed E-state index contributed by atoms with van der Waals surface area (Å²) in [5.74, 6) is -0.494. The van der Waals surface area contributed by atoms with Crippen LogP contribution in [0.2, 0.25) is 0 Å². The summed E-state index contributed by atoms with van der Waals surface area (Å²) < 4.78 is 12.7. The number of alkyl halides is 1. The summed E-state index contributed by atoms with van der Waals surface area (Å²) in [5.41, 5.74) is -0.824. The molecule has 0 bridgehead atoms. The molecule has 0 aromatic carbocycles. The fraction of sp³-hybridized carbons (Fsp3) is 0.778. The molecule has 1 amide bonds. The van der Waals surface area contributed by atoms with Crippen LogP contribution in [0.1, 0.15) is 20.3 Å². The first kappa shape index (κ1) is 9.97. The normalized spacial score (nSPS) is 33.2. The van der Waals surface area contributed by atoms with Gasteiger partial charge in [-0.25, -0.2) is 4.39 Å². The molecule has 72 valence electrons. The van der Waals surface area contributed by atoms with Crippen LogP contribution < -0.4 is 5.32 Å². The molecule has 1 fully saturated rings. The number of halogens is 1. The lowest BCUT2D eigenvalue weighted by Crippen LogP contribution is -2.34. The Kier molecular flexibility index (Phi) is 2.55. The van der Waals surface area contributed by atoms with Crippen molar-refractivity contribution < 1.29 is 9.18 Å². The lowest BCUT2D eigenvalue weighted by molar-refractivity contribution is -0.126. The van der Waals surface area contributed by atoms with E-state index in [0.29, 0.717) is 13.0 Å². The third kappa shape index (κ3) is 1.97. The Morgan fingerprint density at radius 1 is 1.92 bits per heavy atom. The van der Waals surface area contributed by atoms with E-state index in [1.807, 2.05) is 6.07 Å². The minimum atomic E-state index is -1.01. The summed E-state index contributed by atoms with van der Waals surface area (Å²) in [6, 6.07) is 1.99. The molecule has 3 atom stereocenters. The molecule has 4 heteroatoms. The van der Waals surface area contributed by atoms with Crippen LogP contribution in [0.3, 0.4) is 0 Å². The fourth-order valence-corrected chi connectivity index (χ4v) is 1.04. The minimum Gasteiger partial charge on any atom is -0.354 e. The highest BCUT2D eigenvalue weighted by molar-refractivity contribution is 5.86. The number of carbonyl (C=O) groups is 1. The van der Waals surface area contributed by atoms with Gasteiger partial charge >= 0.3 is 0 Å². The Hall–Kier alpha value is -1.11. The van der Waals surface area contributed by atoms with Gasteiger partial charge in [0.15, 0.2) is 0 Å². The zero-order chi connectivity index (χ0) is 10.1. The molecule has 1 saturated carbocycles. The van der Waals surface area contributed by atoms with Crippen LogP contribution in [0.25, 0.3) is 0 Å². The van der Waals surface area contributed by atoms with E-state index in [0.717, 1.165) is 0 Å². The summed E-state index contributed by atoms with van der Waals surface area (Å²) in [6.45, 7) is 3.62. The molecule has 3 unspecified atom stereocenters. The highest BCUT2D eigenvalue weighted by Crippen LogP contribution is 2.48. The number of amides is 1. The van der Waals surface area contributed by atoms with Crippen molar-refractivity contribution in [2.75, 3.05) is 6.54 Å².